The molecule has 0 unspecified atom stereocenters. The Hall–Kier alpha value is -4.04. The maximum Gasteiger partial charge on any atom is 0.228 e. The van der Waals surface area contributed by atoms with E-state index in [-0.39, 0.29) is 59.7 Å². The molecule has 0 aromatic heterocycles. The Kier molecular flexibility index (Phi) is 8.40. The van der Waals surface area contributed by atoms with Gasteiger partial charge in [-0.05, 0) is 61.3 Å². The third-order valence-corrected chi connectivity index (χ3v) is 7.94. The highest BCUT2D eigenvalue weighted by Crippen LogP contribution is 2.43. The fourth-order valence-corrected chi connectivity index (χ4v) is 5.78. The van der Waals surface area contributed by atoms with Gasteiger partial charge in [-0.2, -0.15) is 0 Å². The molecule has 2 atom stereocenters. The zero-order valence-electron chi connectivity index (χ0n) is 22.9. The quantitative estimate of drug-likeness (QED) is 0.348. The van der Waals surface area contributed by atoms with Gasteiger partial charge in [0, 0.05) is 47.4 Å². The standard InChI is InChI=1S/C32H35FN2O5/c1-19-24(11-6-12-27(19)33)28-25(29(38)20-7-4-9-22(36)15-20)17-35(31(40)32(2,3)13-14-34)18-26(28)30(39)21-8-5-10-23(37)16-21/h4-12,15-16,25-26,28,36-37H,13-14,17-18,34H2,1-3H3/t25-,26-/m0/s1. The van der Waals surface area contributed by atoms with E-state index in [0.717, 1.165) is 0 Å². The number of halogens is 1. The minimum atomic E-state index is -0.917. The lowest BCUT2D eigenvalue weighted by molar-refractivity contribution is -0.143. The average Bonchev–Trinajstić information content (AvgIpc) is 2.92. The summed E-state index contributed by atoms with van der Waals surface area (Å²) in [6, 6.07) is 16.4. The van der Waals surface area contributed by atoms with Gasteiger partial charge in [0.15, 0.2) is 11.6 Å². The number of likely N-dealkylation sites (tertiary alicyclic amines) is 1. The van der Waals surface area contributed by atoms with Crippen molar-refractivity contribution in [2.75, 3.05) is 19.6 Å². The summed E-state index contributed by atoms with van der Waals surface area (Å²) >= 11 is 0. The van der Waals surface area contributed by atoms with Gasteiger partial charge in [-0.25, -0.2) is 4.39 Å². The number of benzene rings is 3. The molecule has 1 heterocycles. The number of Topliss-reactive ketones (excluding diaryl/α,β-unsaturated/α-hetero) is 2. The molecule has 4 rings (SSSR count). The molecule has 1 saturated heterocycles. The Morgan fingerprint density at radius 2 is 1.40 bits per heavy atom. The third-order valence-electron chi connectivity index (χ3n) is 7.94. The van der Waals surface area contributed by atoms with Gasteiger partial charge in [0.2, 0.25) is 5.91 Å². The van der Waals surface area contributed by atoms with Crippen LogP contribution in [0.1, 0.15) is 58.0 Å². The number of aromatic hydroxyl groups is 2. The summed E-state index contributed by atoms with van der Waals surface area (Å²) in [4.78, 5) is 43.6. The Morgan fingerprint density at radius 3 is 1.88 bits per heavy atom. The number of piperidine rings is 1. The van der Waals surface area contributed by atoms with Crippen LogP contribution in [-0.4, -0.2) is 52.2 Å². The van der Waals surface area contributed by atoms with E-state index in [2.05, 4.69) is 0 Å². The molecular weight excluding hydrogens is 511 g/mol. The van der Waals surface area contributed by atoms with Crippen LogP contribution >= 0.6 is 0 Å². The van der Waals surface area contributed by atoms with Crippen molar-refractivity contribution in [3.8, 4) is 11.5 Å². The first-order valence-corrected chi connectivity index (χ1v) is 13.4. The summed E-state index contributed by atoms with van der Waals surface area (Å²) in [7, 11) is 0. The monoisotopic (exact) mass is 546 g/mol. The minimum Gasteiger partial charge on any atom is -0.508 e. The van der Waals surface area contributed by atoms with Crippen molar-refractivity contribution in [2.24, 2.45) is 23.0 Å². The van der Waals surface area contributed by atoms with Crippen LogP contribution < -0.4 is 5.73 Å². The summed E-state index contributed by atoms with van der Waals surface area (Å²) in [6.45, 7) is 5.47. The molecule has 8 heteroatoms. The number of nitrogens with two attached hydrogens (primary N) is 1. The zero-order chi connectivity index (χ0) is 29.2. The largest absolute Gasteiger partial charge is 0.508 e. The highest BCUT2D eigenvalue weighted by molar-refractivity contribution is 6.03. The number of amides is 1. The first kappa shape index (κ1) is 29.0. The van der Waals surface area contributed by atoms with E-state index in [1.165, 1.54) is 35.2 Å². The van der Waals surface area contributed by atoms with Crippen LogP contribution in [0.5, 0.6) is 11.5 Å². The van der Waals surface area contributed by atoms with E-state index in [1.807, 2.05) is 0 Å². The van der Waals surface area contributed by atoms with Crippen LogP contribution in [0.25, 0.3) is 0 Å². The van der Waals surface area contributed by atoms with Crippen molar-refractivity contribution in [3.05, 3.63) is 94.8 Å². The molecule has 4 N–H and O–H groups in total. The van der Waals surface area contributed by atoms with Gasteiger partial charge in [-0.15, -0.1) is 0 Å². The molecule has 1 fully saturated rings. The predicted octanol–water partition coefficient (Wildman–Crippen LogP) is 4.84. The molecule has 210 valence electrons. The molecule has 7 nitrogen and oxygen atoms in total. The lowest BCUT2D eigenvalue weighted by Crippen LogP contribution is -2.55. The van der Waals surface area contributed by atoms with Crippen molar-refractivity contribution >= 4 is 17.5 Å². The normalized spacial score (nSPS) is 18.0. The molecule has 0 aliphatic carbocycles. The topological polar surface area (TPSA) is 121 Å². The summed E-state index contributed by atoms with van der Waals surface area (Å²) in [5, 5.41) is 20.2. The van der Waals surface area contributed by atoms with Crippen molar-refractivity contribution in [1.29, 1.82) is 0 Å². The maximum atomic E-state index is 14.9. The van der Waals surface area contributed by atoms with Gasteiger partial charge in [0.05, 0.1) is 0 Å². The summed E-state index contributed by atoms with van der Waals surface area (Å²) in [5.74, 6) is -4.24. The summed E-state index contributed by atoms with van der Waals surface area (Å²) < 4.78 is 14.9. The molecule has 0 bridgehead atoms. The number of phenols is 2. The second-order valence-corrected chi connectivity index (χ2v) is 11.2. The Labute approximate surface area is 233 Å². The number of nitrogens with zero attached hydrogens (tertiary/aromatic N) is 1. The van der Waals surface area contributed by atoms with Crippen molar-refractivity contribution in [2.45, 2.75) is 33.1 Å². The minimum absolute atomic E-state index is 0.00572. The number of carbonyl (C=O) groups excluding carboxylic acids is 3. The third kappa shape index (κ3) is 5.77. The van der Waals surface area contributed by atoms with Gasteiger partial charge in [-0.1, -0.05) is 50.2 Å². The number of rotatable bonds is 8. The lowest BCUT2D eigenvalue weighted by Gasteiger charge is -2.45. The van der Waals surface area contributed by atoms with Gasteiger partial charge in [0.25, 0.3) is 0 Å². The van der Waals surface area contributed by atoms with E-state index >= 15 is 0 Å². The number of hydrogen-bond donors (Lipinski definition) is 3. The number of phenolic OH excluding ortho intramolecular Hbond substituents is 2. The Bertz CT molecular complexity index is 1370. The SMILES string of the molecule is Cc1c(F)cccc1C1[C@@H](C(=O)c2cccc(O)c2)CN(C(=O)C(C)(C)CCN)C[C@@H]1C(=O)c1cccc(O)c1. The Balaban J connectivity index is 1.91. The molecule has 1 amide bonds. The molecule has 40 heavy (non-hydrogen) atoms. The van der Waals surface area contributed by atoms with Gasteiger partial charge >= 0.3 is 0 Å². The number of ketones is 2. The average molecular weight is 547 g/mol. The van der Waals surface area contributed by atoms with Crippen molar-refractivity contribution in [3.63, 3.8) is 0 Å². The second kappa shape index (κ2) is 11.6. The molecular formula is C32H35FN2O5. The smallest absolute Gasteiger partial charge is 0.228 e. The number of carbonyl (C=O) groups is 3. The summed E-state index contributed by atoms with van der Waals surface area (Å²) in [6.07, 6.45) is 0.408. The highest BCUT2D eigenvalue weighted by atomic mass is 19.1. The predicted molar refractivity (Wildman–Crippen MR) is 150 cm³/mol. The zero-order valence-corrected chi connectivity index (χ0v) is 22.9. The van der Waals surface area contributed by atoms with Gasteiger partial charge < -0.3 is 20.8 Å². The van der Waals surface area contributed by atoms with E-state index in [0.29, 0.717) is 17.5 Å². The van der Waals surface area contributed by atoms with Crippen LogP contribution in [0.3, 0.4) is 0 Å². The van der Waals surface area contributed by atoms with Crippen molar-refractivity contribution in [1.82, 2.24) is 4.90 Å². The van der Waals surface area contributed by atoms with Crippen LogP contribution in [-0.2, 0) is 4.79 Å². The molecule has 3 aromatic carbocycles. The molecule has 3 aromatic rings. The molecule has 1 aliphatic rings. The fraction of sp³-hybridized carbons (Fsp3) is 0.344. The molecule has 1 aliphatic heterocycles. The van der Waals surface area contributed by atoms with E-state index in [9.17, 15) is 29.0 Å². The van der Waals surface area contributed by atoms with E-state index in [1.54, 1.807) is 57.2 Å². The first-order valence-electron chi connectivity index (χ1n) is 13.4. The first-order chi connectivity index (χ1) is 18.9. The second-order valence-electron chi connectivity index (χ2n) is 11.2. The van der Waals surface area contributed by atoms with E-state index in [4.69, 9.17) is 5.73 Å². The number of hydrogen-bond acceptors (Lipinski definition) is 6. The van der Waals surface area contributed by atoms with Gasteiger partial charge in [-0.3, -0.25) is 14.4 Å². The molecule has 0 saturated carbocycles. The maximum absolute atomic E-state index is 14.9. The Morgan fingerprint density at radius 1 is 0.900 bits per heavy atom. The highest BCUT2D eigenvalue weighted by Gasteiger charge is 2.48. The van der Waals surface area contributed by atoms with Crippen LogP contribution in [0.15, 0.2) is 66.7 Å². The summed E-state index contributed by atoms with van der Waals surface area (Å²) in [5.41, 5.74) is 6.21. The molecule has 0 spiro atoms. The van der Waals surface area contributed by atoms with Crippen LogP contribution in [0.4, 0.5) is 4.39 Å². The fourth-order valence-electron chi connectivity index (χ4n) is 5.78. The lowest BCUT2D eigenvalue weighted by atomic mass is 9.67. The van der Waals surface area contributed by atoms with Crippen LogP contribution in [0.2, 0.25) is 0 Å². The van der Waals surface area contributed by atoms with Crippen LogP contribution in [0, 0.1) is 30.0 Å². The molecule has 0 radical (unpaired) electrons. The van der Waals surface area contributed by atoms with Gasteiger partial charge in [0.1, 0.15) is 17.3 Å². The van der Waals surface area contributed by atoms with Crippen molar-refractivity contribution < 1.29 is 29.0 Å². The van der Waals surface area contributed by atoms with E-state index < -0.39 is 29.0 Å².